The molecule has 0 radical (unpaired) electrons. The lowest BCUT2D eigenvalue weighted by Crippen LogP contribution is -2.51. The van der Waals surface area contributed by atoms with Gasteiger partial charge in [0.15, 0.2) is 0 Å². The predicted octanol–water partition coefficient (Wildman–Crippen LogP) is 2.31. The minimum absolute atomic E-state index is 0.347. The van der Waals surface area contributed by atoms with E-state index in [1.54, 1.807) is 0 Å². The van der Waals surface area contributed by atoms with Crippen LogP contribution < -0.4 is 5.32 Å². The van der Waals surface area contributed by atoms with E-state index in [1.165, 1.54) is 44.5 Å². The number of nitrogens with zero attached hydrogens (tertiary/aromatic N) is 4. The van der Waals surface area contributed by atoms with E-state index in [-0.39, 0.29) is 0 Å². The van der Waals surface area contributed by atoms with Crippen LogP contribution in [0.15, 0.2) is 4.60 Å². The highest BCUT2D eigenvalue weighted by molar-refractivity contribution is 9.10. The van der Waals surface area contributed by atoms with Gasteiger partial charge < -0.3 is 9.88 Å². The van der Waals surface area contributed by atoms with Crippen molar-refractivity contribution in [1.82, 2.24) is 24.7 Å². The van der Waals surface area contributed by atoms with Crippen molar-refractivity contribution in [2.45, 2.75) is 44.7 Å². The van der Waals surface area contributed by atoms with Gasteiger partial charge in [-0.3, -0.25) is 9.80 Å². The van der Waals surface area contributed by atoms with Crippen molar-refractivity contribution in [3.8, 4) is 0 Å². The van der Waals surface area contributed by atoms with Crippen LogP contribution in [0.3, 0.4) is 0 Å². The van der Waals surface area contributed by atoms with Gasteiger partial charge in [-0.15, -0.1) is 0 Å². The first-order valence-corrected chi connectivity index (χ1v) is 9.72. The third kappa shape index (κ3) is 3.65. The van der Waals surface area contributed by atoms with Crippen molar-refractivity contribution in [1.29, 1.82) is 0 Å². The monoisotopic (exact) mass is 383 g/mol. The Balaban J connectivity index is 1.68. The Morgan fingerprint density at radius 3 is 2.39 bits per heavy atom. The van der Waals surface area contributed by atoms with Crippen molar-refractivity contribution in [3.63, 3.8) is 0 Å². The molecule has 1 saturated carbocycles. The highest BCUT2D eigenvalue weighted by Crippen LogP contribution is 2.30. The van der Waals surface area contributed by atoms with Gasteiger partial charge in [0.1, 0.15) is 10.4 Å². The van der Waals surface area contributed by atoms with E-state index in [4.69, 9.17) is 4.98 Å². The lowest BCUT2D eigenvalue weighted by molar-refractivity contribution is 0.0688. The molecular weight excluding hydrogens is 354 g/mol. The largest absolute Gasteiger partial charge is 0.326 e. The van der Waals surface area contributed by atoms with Crippen molar-refractivity contribution < 1.29 is 0 Å². The zero-order chi connectivity index (χ0) is 16.4. The van der Waals surface area contributed by atoms with Crippen LogP contribution in [-0.2, 0) is 7.05 Å². The number of hydrogen-bond donors (Lipinski definition) is 1. The van der Waals surface area contributed by atoms with Gasteiger partial charge in [0.2, 0.25) is 0 Å². The number of rotatable bonds is 5. The van der Waals surface area contributed by atoms with Gasteiger partial charge in [-0.2, -0.15) is 0 Å². The zero-order valence-electron chi connectivity index (χ0n) is 14.7. The van der Waals surface area contributed by atoms with Crippen LogP contribution in [-0.4, -0.2) is 65.2 Å². The number of hydrogen-bond acceptors (Lipinski definition) is 4. The molecule has 1 aromatic rings. The maximum Gasteiger partial charge on any atom is 0.109 e. The van der Waals surface area contributed by atoms with Gasteiger partial charge in [-0.25, -0.2) is 4.98 Å². The zero-order valence-corrected chi connectivity index (χ0v) is 16.3. The summed E-state index contributed by atoms with van der Waals surface area (Å²) in [5, 5.41) is 3.36. The maximum absolute atomic E-state index is 4.82. The molecule has 5 nitrogen and oxygen atoms in total. The Morgan fingerprint density at radius 2 is 1.87 bits per heavy atom. The van der Waals surface area contributed by atoms with Gasteiger partial charge in [-0.1, -0.05) is 12.8 Å². The molecule has 1 unspecified atom stereocenters. The van der Waals surface area contributed by atoms with Crippen LogP contribution in [0.25, 0.3) is 0 Å². The Hall–Kier alpha value is -0.430. The van der Waals surface area contributed by atoms with Crippen LogP contribution in [0, 0.1) is 6.92 Å². The molecule has 6 heteroatoms. The second-order valence-electron chi connectivity index (χ2n) is 6.98. The molecule has 0 amide bonds. The highest BCUT2D eigenvalue weighted by atomic mass is 79.9. The summed E-state index contributed by atoms with van der Waals surface area (Å²) < 4.78 is 3.25. The number of likely N-dealkylation sites (N-methyl/N-ethyl adjacent to an activating group) is 1. The lowest BCUT2D eigenvalue weighted by Gasteiger charge is -2.41. The number of piperazine rings is 1. The van der Waals surface area contributed by atoms with Gasteiger partial charge in [0.05, 0.1) is 11.7 Å². The number of halogens is 1. The Kier molecular flexibility index (Phi) is 5.78. The quantitative estimate of drug-likeness (QED) is 0.846. The van der Waals surface area contributed by atoms with Crippen molar-refractivity contribution in [2.24, 2.45) is 7.05 Å². The third-order valence-electron chi connectivity index (χ3n) is 5.62. The molecule has 1 N–H and O–H groups in total. The topological polar surface area (TPSA) is 36.3 Å². The van der Waals surface area contributed by atoms with Crippen molar-refractivity contribution in [2.75, 3.05) is 39.8 Å². The summed E-state index contributed by atoms with van der Waals surface area (Å²) in [4.78, 5) is 10.1. The molecule has 1 saturated heterocycles. The molecule has 1 aliphatic heterocycles. The summed E-state index contributed by atoms with van der Waals surface area (Å²) in [5.41, 5.74) is 1.17. The molecule has 1 aromatic heterocycles. The fourth-order valence-corrected chi connectivity index (χ4v) is 4.71. The molecule has 2 fully saturated rings. The second kappa shape index (κ2) is 7.64. The molecule has 1 aliphatic carbocycles. The molecule has 0 spiro atoms. The minimum Gasteiger partial charge on any atom is -0.326 e. The van der Waals surface area contributed by atoms with Gasteiger partial charge in [0, 0.05) is 45.8 Å². The molecule has 23 heavy (non-hydrogen) atoms. The average molecular weight is 384 g/mol. The van der Waals surface area contributed by atoms with Gasteiger partial charge in [0.25, 0.3) is 0 Å². The summed E-state index contributed by atoms with van der Waals surface area (Å²) >= 11 is 3.74. The minimum atomic E-state index is 0.347. The van der Waals surface area contributed by atoms with E-state index >= 15 is 0 Å². The lowest BCUT2D eigenvalue weighted by atomic mass is 10.1. The van der Waals surface area contributed by atoms with E-state index in [9.17, 15) is 0 Å². The molecule has 3 rings (SSSR count). The highest BCUT2D eigenvalue weighted by Gasteiger charge is 2.31. The van der Waals surface area contributed by atoms with Crippen molar-refractivity contribution >= 4 is 15.9 Å². The molecule has 1 atom stereocenters. The molecule has 2 aliphatic rings. The first-order chi connectivity index (χ1) is 11.1. The Bertz CT molecular complexity index is 515. The SMILES string of the molecule is CNCC(c1nc(C)n(C)c1Br)N1CCN(C2CCCC2)CC1. The standard InChI is InChI=1S/C17H30BrN5/c1-13-20-16(17(18)21(13)3)15(12-19-2)23-10-8-22(9-11-23)14-6-4-5-7-14/h14-15,19H,4-12H2,1-3H3. The molecule has 0 bridgehead atoms. The van der Waals surface area contributed by atoms with Crippen LogP contribution in [0.2, 0.25) is 0 Å². The van der Waals surface area contributed by atoms with Gasteiger partial charge >= 0.3 is 0 Å². The van der Waals surface area contributed by atoms with Crippen LogP contribution in [0.5, 0.6) is 0 Å². The maximum atomic E-state index is 4.82. The van der Waals surface area contributed by atoms with Crippen LogP contribution in [0.4, 0.5) is 0 Å². The Labute approximate surface area is 148 Å². The fourth-order valence-electron chi connectivity index (χ4n) is 4.10. The van der Waals surface area contributed by atoms with Crippen molar-refractivity contribution in [3.05, 3.63) is 16.1 Å². The summed E-state index contributed by atoms with van der Waals surface area (Å²) in [6.45, 7) is 7.71. The van der Waals surface area contributed by atoms with E-state index in [0.29, 0.717) is 6.04 Å². The van der Waals surface area contributed by atoms with Crippen LogP contribution in [0.1, 0.15) is 43.2 Å². The average Bonchev–Trinajstić information content (AvgIpc) is 3.18. The van der Waals surface area contributed by atoms with E-state index in [1.807, 2.05) is 7.05 Å². The molecular formula is C17H30BrN5. The first-order valence-electron chi connectivity index (χ1n) is 8.93. The molecule has 130 valence electrons. The smallest absolute Gasteiger partial charge is 0.109 e. The summed E-state index contributed by atoms with van der Waals surface area (Å²) in [6, 6.07) is 1.20. The third-order valence-corrected chi connectivity index (χ3v) is 6.56. The molecule has 0 aromatic carbocycles. The van der Waals surface area contributed by atoms with Gasteiger partial charge in [-0.05, 0) is 42.7 Å². The summed E-state index contributed by atoms with van der Waals surface area (Å²) in [5.74, 6) is 1.07. The van der Waals surface area contributed by atoms with E-state index < -0.39 is 0 Å². The fraction of sp³-hybridized carbons (Fsp3) is 0.824. The Morgan fingerprint density at radius 1 is 1.22 bits per heavy atom. The number of aromatic nitrogens is 2. The number of imidazole rings is 1. The van der Waals surface area contributed by atoms with Crippen LogP contribution >= 0.6 is 15.9 Å². The summed E-state index contributed by atoms with van der Waals surface area (Å²) in [6.07, 6.45) is 5.66. The second-order valence-corrected chi connectivity index (χ2v) is 7.73. The first kappa shape index (κ1) is 17.4. The molecule has 2 heterocycles. The number of aryl methyl sites for hydroxylation is 1. The van der Waals surface area contributed by atoms with E-state index in [0.717, 1.165) is 36.1 Å². The summed E-state index contributed by atoms with van der Waals surface area (Å²) in [7, 11) is 4.11. The number of nitrogens with one attached hydrogen (secondary N) is 1. The normalized spacial score (nSPS) is 22.8. The predicted molar refractivity (Wildman–Crippen MR) is 97.7 cm³/mol. The van der Waals surface area contributed by atoms with E-state index in [2.05, 4.69) is 49.6 Å².